The van der Waals surface area contributed by atoms with Crippen LogP contribution < -0.4 is 10.5 Å². The normalized spacial score (nSPS) is 11.4. The van der Waals surface area contributed by atoms with Gasteiger partial charge in [0.1, 0.15) is 0 Å². The fraction of sp³-hybridized carbons (Fsp3) is 0.143. The lowest BCUT2D eigenvalue weighted by atomic mass is 10.2. The minimum atomic E-state index is -3.71. The average Bonchev–Trinajstić information content (AvgIpc) is 2.36. The number of hydrogen-bond acceptors (Lipinski definition) is 3. The van der Waals surface area contributed by atoms with Crippen LogP contribution in [0.5, 0.6) is 0 Å². The third-order valence-corrected chi connectivity index (χ3v) is 5.67. The van der Waals surface area contributed by atoms with Crippen molar-refractivity contribution in [2.45, 2.75) is 18.7 Å². The highest BCUT2D eigenvalue weighted by atomic mass is 79.9. The Morgan fingerprint density at radius 2 is 1.62 bits per heavy atom. The van der Waals surface area contributed by atoms with Gasteiger partial charge in [0.25, 0.3) is 10.0 Å². The molecule has 0 aliphatic carbocycles. The molecule has 0 bridgehead atoms. The van der Waals surface area contributed by atoms with Crippen LogP contribution in [0.4, 0.5) is 11.4 Å². The van der Waals surface area contributed by atoms with E-state index in [2.05, 4.69) is 36.6 Å². The first kappa shape index (κ1) is 16.3. The van der Waals surface area contributed by atoms with Gasteiger partial charge in [-0.05, 0) is 81.1 Å². The predicted octanol–water partition coefficient (Wildman–Crippen LogP) is 4.21. The van der Waals surface area contributed by atoms with Crippen molar-refractivity contribution in [2.75, 3.05) is 10.5 Å². The standard InChI is InChI=1S/C14H14Br2N2O2S/c1-8-5-11(15)14(12(16)6-8)18-21(19,20)13-7-10(17)4-3-9(13)2/h3-7,18H,17H2,1-2H3. The average molecular weight is 434 g/mol. The summed E-state index contributed by atoms with van der Waals surface area (Å²) >= 11 is 6.75. The number of anilines is 2. The number of aryl methyl sites for hydroxylation is 2. The first-order chi connectivity index (χ1) is 9.70. The van der Waals surface area contributed by atoms with E-state index < -0.39 is 10.0 Å². The van der Waals surface area contributed by atoms with E-state index >= 15 is 0 Å². The van der Waals surface area contributed by atoms with Gasteiger partial charge in [0.15, 0.2) is 0 Å². The zero-order valence-corrected chi connectivity index (χ0v) is 15.4. The van der Waals surface area contributed by atoms with E-state index in [1.165, 1.54) is 6.07 Å². The van der Waals surface area contributed by atoms with E-state index in [0.29, 0.717) is 25.9 Å². The highest BCUT2D eigenvalue weighted by Gasteiger charge is 2.20. The molecule has 2 aromatic rings. The number of hydrogen-bond donors (Lipinski definition) is 2. The minimum Gasteiger partial charge on any atom is -0.399 e. The lowest BCUT2D eigenvalue weighted by molar-refractivity contribution is 0.600. The summed E-state index contributed by atoms with van der Waals surface area (Å²) in [6.45, 7) is 3.66. The molecule has 2 aromatic carbocycles. The van der Waals surface area contributed by atoms with Crippen LogP contribution in [0, 0.1) is 13.8 Å². The molecule has 0 unspecified atom stereocenters. The van der Waals surface area contributed by atoms with Crippen LogP contribution in [0.2, 0.25) is 0 Å². The molecule has 112 valence electrons. The van der Waals surface area contributed by atoms with Gasteiger partial charge in [-0.25, -0.2) is 8.42 Å². The zero-order chi connectivity index (χ0) is 15.8. The van der Waals surface area contributed by atoms with Gasteiger partial charge in [-0.3, -0.25) is 4.72 Å². The van der Waals surface area contributed by atoms with Crippen LogP contribution in [-0.4, -0.2) is 8.42 Å². The molecule has 0 radical (unpaired) electrons. The van der Waals surface area contributed by atoms with Gasteiger partial charge >= 0.3 is 0 Å². The van der Waals surface area contributed by atoms with Crippen molar-refractivity contribution in [3.63, 3.8) is 0 Å². The van der Waals surface area contributed by atoms with Crippen LogP contribution in [0.1, 0.15) is 11.1 Å². The molecule has 7 heteroatoms. The third kappa shape index (κ3) is 3.59. The summed E-state index contributed by atoms with van der Waals surface area (Å²) in [6, 6.07) is 8.49. The molecule has 0 atom stereocenters. The molecule has 0 aliphatic heterocycles. The summed E-state index contributed by atoms with van der Waals surface area (Å²) in [6.07, 6.45) is 0. The lowest BCUT2D eigenvalue weighted by Crippen LogP contribution is -2.15. The summed E-state index contributed by atoms with van der Waals surface area (Å²) in [4.78, 5) is 0.168. The molecule has 21 heavy (non-hydrogen) atoms. The molecular formula is C14H14Br2N2O2S. The quantitative estimate of drug-likeness (QED) is 0.712. The van der Waals surface area contributed by atoms with Crippen LogP contribution in [-0.2, 0) is 10.0 Å². The number of nitrogens with one attached hydrogen (secondary N) is 1. The van der Waals surface area contributed by atoms with E-state index in [0.717, 1.165) is 5.56 Å². The summed E-state index contributed by atoms with van der Waals surface area (Å²) in [5.41, 5.74) is 8.20. The summed E-state index contributed by atoms with van der Waals surface area (Å²) in [5, 5.41) is 0. The molecule has 0 amide bonds. The van der Waals surface area contributed by atoms with Gasteiger partial charge in [-0.1, -0.05) is 6.07 Å². The molecular weight excluding hydrogens is 420 g/mol. The Bertz CT molecular complexity index is 782. The largest absolute Gasteiger partial charge is 0.399 e. The Kier molecular flexibility index (Phi) is 4.65. The first-order valence-electron chi connectivity index (χ1n) is 6.05. The van der Waals surface area contributed by atoms with Crippen molar-refractivity contribution >= 4 is 53.3 Å². The number of rotatable bonds is 3. The van der Waals surface area contributed by atoms with Gasteiger partial charge in [0.05, 0.1) is 10.6 Å². The van der Waals surface area contributed by atoms with E-state index in [9.17, 15) is 8.42 Å². The second kappa shape index (κ2) is 5.98. The Balaban J connectivity index is 2.50. The van der Waals surface area contributed by atoms with Crippen molar-refractivity contribution in [3.8, 4) is 0 Å². The van der Waals surface area contributed by atoms with Crippen molar-refractivity contribution in [1.82, 2.24) is 0 Å². The molecule has 4 nitrogen and oxygen atoms in total. The second-order valence-corrected chi connectivity index (χ2v) is 8.09. The molecule has 0 spiro atoms. The van der Waals surface area contributed by atoms with Crippen molar-refractivity contribution in [2.24, 2.45) is 0 Å². The summed E-state index contributed by atoms with van der Waals surface area (Å²) < 4.78 is 29.0. The van der Waals surface area contributed by atoms with Crippen molar-refractivity contribution in [3.05, 3.63) is 50.4 Å². The monoisotopic (exact) mass is 432 g/mol. The Morgan fingerprint density at radius 3 is 2.19 bits per heavy atom. The van der Waals surface area contributed by atoms with Crippen molar-refractivity contribution in [1.29, 1.82) is 0 Å². The van der Waals surface area contributed by atoms with Crippen molar-refractivity contribution < 1.29 is 8.42 Å². The maximum Gasteiger partial charge on any atom is 0.262 e. The predicted molar refractivity (Wildman–Crippen MR) is 93.0 cm³/mol. The summed E-state index contributed by atoms with van der Waals surface area (Å²) in [7, 11) is -3.71. The highest BCUT2D eigenvalue weighted by Crippen LogP contribution is 2.34. The number of nitrogen functional groups attached to an aromatic ring is 1. The fourth-order valence-electron chi connectivity index (χ4n) is 1.89. The van der Waals surface area contributed by atoms with Gasteiger partial charge < -0.3 is 5.73 Å². The number of benzene rings is 2. The third-order valence-electron chi connectivity index (χ3n) is 2.92. The minimum absolute atomic E-state index is 0.168. The smallest absolute Gasteiger partial charge is 0.262 e. The maximum absolute atomic E-state index is 12.6. The topological polar surface area (TPSA) is 72.2 Å². The molecule has 2 rings (SSSR count). The van der Waals surface area contributed by atoms with E-state index in [-0.39, 0.29) is 4.90 Å². The van der Waals surface area contributed by atoms with Crippen LogP contribution in [0.15, 0.2) is 44.2 Å². The maximum atomic E-state index is 12.6. The van der Waals surface area contributed by atoms with E-state index in [4.69, 9.17) is 5.73 Å². The van der Waals surface area contributed by atoms with Gasteiger partial charge in [0, 0.05) is 14.6 Å². The van der Waals surface area contributed by atoms with Crippen LogP contribution >= 0.6 is 31.9 Å². The molecule has 0 saturated heterocycles. The molecule has 0 saturated carbocycles. The SMILES string of the molecule is Cc1cc(Br)c(NS(=O)(=O)c2cc(N)ccc2C)c(Br)c1. The van der Waals surface area contributed by atoms with Crippen LogP contribution in [0.3, 0.4) is 0 Å². The Morgan fingerprint density at radius 1 is 1.05 bits per heavy atom. The van der Waals surface area contributed by atoms with Crippen LogP contribution in [0.25, 0.3) is 0 Å². The molecule has 3 N–H and O–H groups in total. The molecule has 0 aromatic heterocycles. The first-order valence-corrected chi connectivity index (χ1v) is 9.12. The summed E-state index contributed by atoms with van der Waals surface area (Å²) in [5.74, 6) is 0. The lowest BCUT2D eigenvalue weighted by Gasteiger charge is -2.14. The number of nitrogens with two attached hydrogens (primary N) is 1. The molecule has 0 heterocycles. The van der Waals surface area contributed by atoms with Gasteiger partial charge in [-0.15, -0.1) is 0 Å². The Labute approximate surface area is 141 Å². The zero-order valence-electron chi connectivity index (χ0n) is 11.4. The van der Waals surface area contributed by atoms with Gasteiger partial charge in [-0.2, -0.15) is 0 Å². The number of sulfonamides is 1. The van der Waals surface area contributed by atoms with Gasteiger partial charge in [0.2, 0.25) is 0 Å². The Hall–Kier alpha value is -1.05. The van der Waals surface area contributed by atoms with E-state index in [1.54, 1.807) is 19.1 Å². The van der Waals surface area contributed by atoms with E-state index in [1.807, 2.05) is 19.1 Å². The number of halogens is 2. The fourth-order valence-corrected chi connectivity index (χ4v) is 5.15. The molecule has 0 aliphatic rings. The molecule has 0 fully saturated rings. The highest BCUT2D eigenvalue weighted by molar-refractivity contribution is 9.11. The second-order valence-electron chi connectivity index (χ2n) is 4.73.